The first-order chi connectivity index (χ1) is 9.60. The maximum absolute atomic E-state index is 12.1. The Bertz CT molecular complexity index is 427. The summed E-state index contributed by atoms with van der Waals surface area (Å²) in [6.07, 6.45) is 0.472. The molecule has 0 fully saturated rings. The standard InChI is InChI=1S/C16H22O4/c1-4-19-15(17)12(3)14(16(18)20-5-2)11-13-9-7-6-8-10-13/h6-10,12,14H,4-5,11H2,1-3H3. The highest BCUT2D eigenvalue weighted by Crippen LogP contribution is 2.21. The molecule has 20 heavy (non-hydrogen) atoms. The molecule has 0 aliphatic carbocycles. The first-order valence-corrected chi connectivity index (χ1v) is 6.97. The van der Waals surface area contributed by atoms with Crippen molar-refractivity contribution in [3.63, 3.8) is 0 Å². The van der Waals surface area contributed by atoms with E-state index >= 15 is 0 Å². The number of hydrogen-bond acceptors (Lipinski definition) is 4. The molecular formula is C16H22O4. The van der Waals surface area contributed by atoms with Crippen LogP contribution in [-0.4, -0.2) is 25.2 Å². The Labute approximate surface area is 120 Å². The van der Waals surface area contributed by atoms with Gasteiger partial charge in [-0.05, 0) is 25.8 Å². The van der Waals surface area contributed by atoms with Gasteiger partial charge in [-0.2, -0.15) is 0 Å². The van der Waals surface area contributed by atoms with Crippen molar-refractivity contribution in [1.29, 1.82) is 0 Å². The van der Waals surface area contributed by atoms with Crippen LogP contribution in [0.4, 0.5) is 0 Å². The van der Waals surface area contributed by atoms with E-state index in [1.165, 1.54) is 0 Å². The average molecular weight is 278 g/mol. The molecule has 4 nitrogen and oxygen atoms in total. The first kappa shape index (κ1) is 16.2. The fourth-order valence-corrected chi connectivity index (χ4v) is 2.02. The molecule has 0 heterocycles. The molecule has 2 unspecified atom stereocenters. The number of carbonyl (C=O) groups excluding carboxylic acids is 2. The average Bonchev–Trinajstić information content (AvgIpc) is 2.45. The van der Waals surface area contributed by atoms with Gasteiger partial charge >= 0.3 is 11.9 Å². The highest BCUT2D eigenvalue weighted by atomic mass is 16.5. The third kappa shape index (κ3) is 4.68. The lowest BCUT2D eigenvalue weighted by Crippen LogP contribution is -2.32. The molecule has 0 spiro atoms. The van der Waals surface area contributed by atoms with Crippen LogP contribution in [0, 0.1) is 11.8 Å². The molecule has 0 aromatic heterocycles. The van der Waals surface area contributed by atoms with Crippen LogP contribution in [0.15, 0.2) is 30.3 Å². The number of rotatable bonds is 7. The zero-order valence-corrected chi connectivity index (χ0v) is 12.3. The molecule has 110 valence electrons. The predicted octanol–water partition coefficient (Wildman–Crippen LogP) is 2.61. The topological polar surface area (TPSA) is 52.6 Å². The Morgan fingerprint density at radius 1 is 1.00 bits per heavy atom. The van der Waals surface area contributed by atoms with Crippen LogP contribution >= 0.6 is 0 Å². The van der Waals surface area contributed by atoms with Gasteiger partial charge in [0, 0.05) is 0 Å². The molecule has 0 saturated carbocycles. The lowest BCUT2D eigenvalue weighted by Gasteiger charge is -2.21. The van der Waals surface area contributed by atoms with Crippen molar-refractivity contribution >= 4 is 11.9 Å². The summed E-state index contributed by atoms with van der Waals surface area (Å²) >= 11 is 0. The van der Waals surface area contributed by atoms with E-state index in [0.717, 1.165) is 5.56 Å². The highest BCUT2D eigenvalue weighted by molar-refractivity contribution is 5.82. The molecule has 1 aromatic carbocycles. The Morgan fingerprint density at radius 2 is 1.55 bits per heavy atom. The van der Waals surface area contributed by atoms with Crippen LogP contribution in [0.5, 0.6) is 0 Å². The summed E-state index contributed by atoms with van der Waals surface area (Å²) in [5.41, 5.74) is 1.00. The van der Waals surface area contributed by atoms with Crippen molar-refractivity contribution in [2.45, 2.75) is 27.2 Å². The minimum atomic E-state index is -0.519. The van der Waals surface area contributed by atoms with Crippen LogP contribution in [0.2, 0.25) is 0 Å². The van der Waals surface area contributed by atoms with E-state index in [1.54, 1.807) is 20.8 Å². The summed E-state index contributed by atoms with van der Waals surface area (Å²) < 4.78 is 10.1. The van der Waals surface area contributed by atoms with E-state index in [1.807, 2.05) is 30.3 Å². The number of esters is 2. The van der Waals surface area contributed by atoms with Gasteiger partial charge in [-0.15, -0.1) is 0 Å². The minimum absolute atomic E-state index is 0.305. The largest absolute Gasteiger partial charge is 0.466 e. The van der Waals surface area contributed by atoms with Crippen molar-refractivity contribution in [2.75, 3.05) is 13.2 Å². The van der Waals surface area contributed by atoms with Crippen molar-refractivity contribution in [1.82, 2.24) is 0 Å². The van der Waals surface area contributed by atoms with Crippen LogP contribution in [0.25, 0.3) is 0 Å². The first-order valence-electron chi connectivity index (χ1n) is 6.97. The van der Waals surface area contributed by atoms with Crippen LogP contribution in [-0.2, 0) is 25.5 Å². The monoisotopic (exact) mass is 278 g/mol. The van der Waals surface area contributed by atoms with Gasteiger partial charge in [-0.3, -0.25) is 9.59 Å². The summed E-state index contributed by atoms with van der Waals surface area (Å²) in [5, 5.41) is 0. The van der Waals surface area contributed by atoms with Crippen molar-refractivity contribution in [3.05, 3.63) is 35.9 Å². The molecule has 0 aliphatic heterocycles. The lowest BCUT2D eigenvalue weighted by molar-refractivity contribution is -0.159. The third-order valence-corrected chi connectivity index (χ3v) is 3.15. The summed E-state index contributed by atoms with van der Waals surface area (Å²) in [6, 6.07) is 9.60. The van der Waals surface area contributed by atoms with Gasteiger partial charge in [0.2, 0.25) is 0 Å². The highest BCUT2D eigenvalue weighted by Gasteiger charge is 2.32. The minimum Gasteiger partial charge on any atom is -0.466 e. The molecule has 1 aromatic rings. The van der Waals surface area contributed by atoms with Crippen molar-refractivity contribution < 1.29 is 19.1 Å². The molecule has 0 N–H and O–H groups in total. The molecule has 0 bridgehead atoms. The summed E-state index contributed by atoms with van der Waals surface area (Å²) in [6.45, 7) is 5.83. The maximum Gasteiger partial charge on any atom is 0.310 e. The van der Waals surface area contributed by atoms with Gasteiger partial charge in [0.15, 0.2) is 0 Å². The van der Waals surface area contributed by atoms with E-state index in [4.69, 9.17) is 9.47 Å². The number of carbonyl (C=O) groups is 2. The molecular weight excluding hydrogens is 256 g/mol. The van der Waals surface area contributed by atoms with Crippen molar-refractivity contribution in [2.24, 2.45) is 11.8 Å². The lowest BCUT2D eigenvalue weighted by atomic mass is 9.88. The van der Waals surface area contributed by atoms with E-state index in [2.05, 4.69) is 0 Å². The number of benzene rings is 1. The number of hydrogen-bond donors (Lipinski definition) is 0. The van der Waals surface area contributed by atoms with Gasteiger partial charge in [0.1, 0.15) is 0 Å². The fourth-order valence-electron chi connectivity index (χ4n) is 2.02. The Hall–Kier alpha value is -1.84. The Morgan fingerprint density at radius 3 is 2.10 bits per heavy atom. The molecule has 4 heteroatoms. The normalized spacial score (nSPS) is 13.3. The van der Waals surface area contributed by atoms with E-state index in [9.17, 15) is 9.59 Å². The van der Waals surface area contributed by atoms with E-state index in [-0.39, 0.29) is 11.9 Å². The SMILES string of the molecule is CCOC(=O)C(C)C(Cc1ccccc1)C(=O)OCC. The summed E-state index contributed by atoms with van der Waals surface area (Å²) in [5.74, 6) is -1.75. The molecule has 0 amide bonds. The predicted molar refractivity (Wildman–Crippen MR) is 76.1 cm³/mol. The van der Waals surface area contributed by atoms with E-state index in [0.29, 0.717) is 19.6 Å². The second-order valence-electron chi connectivity index (χ2n) is 4.59. The van der Waals surface area contributed by atoms with Gasteiger partial charge < -0.3 is 9.47 Å². The molecule has 0 saturated heterocycles. The van der Waals surface area contributed by atoms with Crippen LogP contribution in [0.1, 0.15) is 26.3 Å². The zero-order chi connectivity index (χ0) is 15.0. The van der Waals surface area contributed by atoms with Gasteiger partial charge in [0.25, 0.3) is 0 Å². The smallest absolute Gasteiger partial charge is 0.310 e. The molecule has 0 radical (unpaired) electrons. The molecule has 2 atom stereocenters. The third-order valence-electron chi connectivity index (χ3n) is 3.15. The summed E-state index contributed by atoms with van der Waals surface area (Å²) in [7, 11) is 0. The van der Waals surface area contributed by atoms with E-state index < -0.39 is 11.8 Å². The van der Waals surface area contributed by atoms with Crippen LogP contribution in [0.3, 0.4) is 0 Å². The second kappa shape index (κ2) is 8.35. The zero-order valence-electron chi connectivity index (χ0n) is 12.3. The summed E-state index contributed by atoms with van der Waals surface area (Å²) in [4.78, 5) is 23.9. The Kier molecular flexibility index (Phi) is 6.77. The Balaban J connectivity index is 2.84. The van der Waals surface area contributed by atoms with Gasteiger partial charge in [-0.1, -0.05) is 37.3 Å². The van der Waals surface area contributed by atoms with Crippen LogP contribution < -0.4 is 0 Å². The number of ether oxygens (including phenoxy) is 2. The molecule has 1 rings (SSSR count). The quantitative estimate of drug-likeness (QED) is 0.719. The fraction of sp³-hybridized carbons (Fsp3) is 0.500. The van der Waals surface area contributed by atoms with Crippen molar-refractivity contribution in [3.8, 4) is 0 Å². The maximum atomic E-state index is 12.1. The second-order valence-corrected chi connectivity index (χ2v) is 4.59. The van der Waals surface area contributed by atoms with Gasteiger partial charge in [0.05, 0.1) is 25.0 Å². The van der Waals surface area contributed by atoms with Gasteiger partial charge in [-0.25, -0.2) is 0 Å². The molecule has 0 aliphatic rings.